The van der Waals surface area contributed by atoms with Crippen LogP contribution in [0.2, 0.25) is 0 Å². The molecule has 2 rings (SSSR count). The van der Waals surface area contributed by atoms with E-state index in [1.54, 1.807) is 23.9 Å². The fraction of sp³-hybridized carbons (Fsp3) is 0.188. The molecule has 0 unspecified atom stereocenters. The number of carbonyl (C=O) groups excluding carboxylic acids is 1. The predicted molar refractivity (Wildman–Crippen MR) is 91.3 cm³/mol. The van der Waals surface area contributed by atoms with Crippen LogP contribution in [0, 0.1) is 10.1 Å². The Hall–Kier alpha value is -2.54. The van der Waals surface area contributed by atoms with E-state index in [-0.39, 0.29) is 11.3 Å². The number of nitro benzene ring substituents is 1. The summed E-state index contributed by atoms with van der Waals surface area (Å²) in [4.78, 5) is 22.8. The first-order chi connectivity index (χ1) is 11.0. The van der Waals surface area contributed by atoms with Crippen LogP contribution in [0.5, 0.6) is 5.75 Å². The van der Waals surface area contributed by atoms with Crippen LogP contribution in [-0.4, -0.2) is 24.2 Å². The molecule has 0 saturated carbocycles. The number of anilines is 1. The Labute approximate surface area is 138 Å². The number of rotatable bonds is 6. The molecule has 0 aliphatic carbocycles. The number of amides is 1. The van der Waals surface area contributed by atoms with Gasteiger partial charge in [0.1, 0.15) is 11.3 Å². The lowest BCUT2D eigenvalue weighted by atomic mass is 10.1. The monoisotopic (exact) mass is 332 g/mol. The Morgan fingerprint density at radius 3 is 2.52 bits per heavy atom. The van der Waals surface area contributed by atoms with E-state index in [0.29, 0.717) is 11.4 Å². The van der Waals surface area contributed by atoms with Gasteiger partial charge in [-0.25, -0.2) is 0 Å². The van der Waals surface area contributed by atoms with Gasteiger partial charge in [0, 0.05) is 17.5 Å². The molecule has 0 saturated heterocycles. The molecule has 0 aliphatic rings. The molecule has 0 spiro atoms. The van der Waals surface area contributed by atoms with Crippen LogP contribution >= 0.6 is 11.8 Å². The Morgan fingerprint density at radius 1 is 1.26 bits per heavy atom. The van der Waals surface area contributed by atoms with Crippen LogP contribution < -0.4 is 10.1 Å². The van der Waals surface area contributed by atoms with Crippen LogP contribution in [0.15, 0.2) is 42.5 Å². The van der Waals surface area contributed by atoms with E-state index in [4.69, 9.17) is 4.74 Å². The van der Waals surface area contributed by atoms with Gasteiger partial charge in [0.25, 0.3) is 11.6 Å². The lowest BCUT2D eigenvalue weighted by Gasteiger charge is -2.08. The van der Waals surface area contributed by atoms with Crippen molar-refractivity contribution in [2.75, 3.05) is 18.7 Å². The molecule has 2 aromatic carbocycles. The maximum Gasteiger partial charge on any atom is 0.282 e. The zero-order chi connectivity index (χ0) is 16.8. The van der Waals surface area contributed by atoms with Crippen molar-refractivity contribution in [3.05, 3.63) is 63.7 Å². The van der Waals surface area contributed by atoms with Crippen LogP contribution in [0.1, 0.15) is 15.9 Å². The van der Waals surface area contributed by atoms with Gasteiger partial charge in [-0.05, 0) is 36.1 Å². The molecule has 0 fully saturated rings. The first-order valence-corrected chi connectivity index (χ1v) is 8.16. The molecule has 0 aliphatic heterocycles. The van der Waals surface area contributed by atoms with Crippen molar-refractivity contribution in [3.8, 4) is 5.75 Å². The van der Waals surface area contributed by atoms with Crippen molar-refractivity contribution in [2.45, 2.75) is 5.75 Å². The summed E-state index contributed by atoms with van der Waals surface area (Å²) in [5.74, 6) is 0.722. The van der Waals surface area contributed by atoms with Crippen molar-refractivity contribution in [3.63, 3.8) is 0 Å². The van der Waals surface area contributed by atoms with E-state index in [1.807, 2.05) is 18.4 Å². The molecule has 7 heteroatoms. The molecule has 0 heterocycles. The standard InChI is InChI=1S/C16H16N2O4S/c1-22-13-7-8-15(18(20)21)14(9-13)16(19)17-12-5-3-11(4-6-12)10-23-2/h3-9H,10H2,1-2H3,(H,17,19). The molecule has 0 atom stereocenters. The number of hydrogen-bond acceptors (Lipinski definition) is 5. The van der Waals surface area contributed by atoms with E-state index >= 15 is 0 Å². The van der Waals surface area contributed by atoms with Crippen molar-refractivity contribution in [2.24, 2.45) is 0 Å². The third kappa shape index (κ3) is 4.23. The van der Waals surface area contributed by atoms with E-state index < -0.39 is 10.8 Å². The number of nitrogens with one attached hydrogen (secondary N) is 1. The van der Waals surface area contributed by atoms with Crippen LogP contribution in [0.25, 0.3) is 0 Å². The average Bonchev–Trinajstić information content (AvgIpc) is 2.56. The van der Waals surface area contributed by atoms with Gasteiger partial charge in [-0.15, -0.1) is 0 Å². The van der Waals surface area contributed by atoms with Crippen molar-refractivity contribution >= 4 is 29.0 Å². The van der Waals surface area contributed by atoms with Crippen LogP contribution in [-0.2, 0) is 5.75 Å². The van der Waals surface area contributed by atoms with Crippen LogP contribution in [0.3, 0.4) is 0 Å². The molecule has 23 heavy (non-hydrogen) atoms. The highest BCUT2D eigenvalue weighted by Gasteiger charge is 2.21. The number of methoxy groups -OCH3 is 1. The molecular weight excluding hydrogens is 316 g/mol. The number of carbonyl (C=O) groups is 1. The third-order valence-corrected chi connectivity index (χ3v) is 3.79. The summed E-state index contributed by atoms with van der Waals surface area (Å²) in [6.07, 6.45) is 2.01. The fourth-order valence-corrected chi connectivity index (χ4v) is 2.56. The van der Waals surface area contributed by atoms with E-state index in [2.05, 4.69) is 5.32 Å². The average molecular weight is 332 g/mol. The maximum absolute atomic E-state index is 12.3. The molecule has 2 aromatic rings. The summed E-state index contributed by atoms with van der Waals surface area (Å²) in [7, 11) is 1.44. The molecule has 0 bridgehead atoms. The summed E-state index contributed by atoms with van der Waals surface area (Å²) in [5, 5.41) is 13.7. The maximum atomic E-state index is 12.3. The van der Waals surface area contributed by atoms with Crippen molar-refractivity contribution in [1.82, 2.24) is 0 Å². The molecule has 1 N–H and O–H groups in total. The second-order valence-electron chi connectivity index (χ2n) is 4.72. The van der Waals surface area contributed by atoms with Gasteiger partial charge in [-0.2, -0.15) is 11.8 Å². The summed E-state index contributed by atoms with van der Waals surface area (Å²) < 4.78 is 5.03. The van der Waals surface area contributed by atoms with Gasteiger partial charge in [-0.3, -0.25) is 14.9 Å². The van der Waals surface area contributed by atoms with E-state index in [9.17, 15) is 14.9 Å². The number of benzene rings is 2. The first-order valence-electron chi connectivity index (χ1n) is 6.77. The molecule has 0 radical (unpaired) electrons. The second-order valence-corrected chi connectivity index (χ2v) is 5.59. The van der Waals surface area contributed by atoms with Gasteiger partial charge in [0.2, 0.25) is 0 Å². The summed E-state index contributed by atoms with van der Waals surface area (Å²) >= 11 is 1.70. The van der Waals surface area contributed by atoms with Crippen molar-refractivity contribution in [1.29, 1.82) is 0 Å². The number of nitro groups is 1. The molecule has 6 nitrogen and oxygen atoms in total. The lowest BCUT2D eigenvalue weighted by molar-refractivity contribution is -0.385. The normalized spacial score (nSPS) is 10.2. The van der Waals surface area contributed by atoms with Gasteiger partial charge in [-0.1, -0.05) is 12.1 Å². The Morgan fingerprint density at radius 2 is 1.96 bits per heavy atom. The third-order valence-electron chi connectivity index (χ3n) is 3.17. The lowest BCUT2D eigenvalue weighted by Crippen LogP contribution is -2.14. The number of nitrogens with zero attached hydrogens (tertiary/aromatic N) is 1. The SMILES string of the molecule is COc1ccc([N+](=O)[O-])c(C(=O)Nc2ccc(CSC)cc2)c1. The Kier molecular flexibility index (Phi) is 5.59. The zero-order valence-corrected chi connectivity index (χ0v) is 13.6. The topological polar surface area (TPSA) is 81.5 Å². The number of hydrogen-bond donors (Lipinski definition) is 1. The highest BCUT2D eigenvalue weighted by molar-refractivity contribution is 7.97. The predicted octanol–water partition coefficient (Wildman–Crippen LogP) is 3.72. The molecular formula is C16H16N2O4S. The second kappa shape index (κ2) is 7.64. The zero-order valence-electron chi connectivity index (χ0n) is 12.7. The fourth-order valence-electron chi connectivity index (χ4n) is 2.03. The smallest absolute Gasteiger partial charge is 0.282 e. The minimum atomic E-state index is -0.587. The van der Waals surface area contributed by atoms with E-state index in [0.717, 1.165) is 11.3 Å². The number of ether oxygens (including phenoxy) is 1. The van der Waals surface area contributed by atoms with Gasteiger partial charge in [0.15, 0.2) is 0 Å². The van der Waals surface area contributed by atoms with Gasteiger partial charge >= 0.3 is 0 Å². The van der Waals surface area contributed by atoms with Gasteiger partial charge < -0.3 is 10.1 Å². The summed E-state index contributed by atoms with van der Waals surface area (Å²) in [6, 6.07) is 11.4. The first kappa shape index (κ1) is 16.8. The quantitative estimate of drug-likeness (QED) is 0.644. The van der Waals surface area contributed by atoms with E-state index in [1.165, 1.54) is 25.3 Å². The minimum Gasteiger partial charge on any atom is -0.497 e. The summed E-state index contributed by atoms with van der Waals surface area (Å²) in [5.41, 5.74) is 1.42. The highest BCUT2D eigenvalue weighted by Crippen LogP contribution is 2.25. The number of thioether (sulfide) groups is 1. The molecule has 120 valence electrons. The van der Waals surface area contributed by atoms with Gasteiger partial charge in [0.05, 0.1) is 12.0 Å². The Balaban J connectivity index is 2.24. The van der Waals surface area contributed by atoms with Crippen LogP contribution in [0.4, 0.5) is 11.4 Å². The molecule has 1 amide bonds. The Bertz CT molecular complexity index is 717. The largest absolute Gasteiger partial charge is 0.497 e. The summed E-state index contributed by atoms with van der Waals surface area (Å²) in [6.45, 7) is 0. The highest BCUT2D eigenvalue weighted by atomic mass is 32.2. The molecule has 0 aromatic heterocycles. The minimum absolute atomic E-state index is 0.0393. The van der Waals surface area contributed by atoms with Crippen molar-refractivity contribution < 1.29 is 14.5 Å².